The molecule has 128 valence electrons. The molecule has 3 aromatic rings. The van der Waals surface area contributed by atoms with Gasteiger partial charge in [-0.05, 0) is 18.6 Å². The number of benzene rings is 1. The van der Waals surface area contributed by atoms with Gasteiger partial charge in [-0.25, -0.2) is 4.98 Å². The Bertz CT molecular complexity index is 813. The number of rotatable bonds is 4. The van der Waals surface area contributed by atoms with Crippen molar-refractivity contribution in [1.29, 1.82) is 0 Å². The standard InChI is InChI=1S/C20H22N4S/c1-15-4-6-16(7-5-15)20-23-12-18(25-20)14-24-10-9-22-13-19(24)17-3-2-8-21-11-17/h2-8,11-12,19,22H,9-10,13-14H2,1H3. The summed E-state index contributed by atoms with van der Waals surface area (Å²) in [6.07, 6.45) is 5.85. The second-order valence-corrected chi connectivity index (χ2v) is 7.59. The number of aromatic nitrogens is 2. The lowest BCUT2D eigenvalue weighted by molar-refractivity contribution is 0.155. The van der Waals surface area contributed by atoms with E-state index in [0.717, 1.165) is 31.2 Å². The van der Waals surface area contributed by atoms with E-state index in [1.165, 1.54) is 21.6 Å². The molecule has 1 atom stereocenters. The van der Waals surface area contributed by atoms with Gasteiger partial charge >= 0.3 is 0 Å². The van der Waals surface area contributed by atoms with Gasteiger partial charge in [0.05, 0.1) is 0 Å². The topological polar surface area (TPSA) is 41.1 Å². The average Bonchev–Trinajstić information content (AvgIpc) is 3.12. The summed E-state index contributed by atoms with van der Waals surface area (Å²) in [6.45, 7) is 6.08. The fourth-order valence-electron chi connectivity index (χ4n) is 3.25. The quantitative estimate of drug-likeness (QED) is 0.780. The highest BCUT2D eigenvalue weighted by Gasteiger charge is 2.24. The number of nitrogens with zero attached hydrogens (tertiary/aromatic N) is 3. The fraction of sp³-hybridized carbons (Fsp3) is 0.300. The monoisotopic (exact) mass is 350 g/mol. The van der Waals surface area contributed by atoms with Crippen LogP contribution in [0.1, 0.15) is 22.0 Å². The molecule has 1 aliphatic rings. The molecule has 0 spiro atoms. The van der Waals surface area contributed by atoms with E-state index in [1.807, 2.05) is 24.7 Å². The Hall–Kier alpha value is -2.08. The summed E-state index contributed by atoms with van der Waals surface area (Å²) in [7, 11) is 0. The van der Waals surface area contributed by atoms with Crippen molar-refractivity contribution < 1.29 is 0 Å². The van der Waals surface area contributed by atoms with Gasteiger partial charge in [-0.1, -0.05) is 35.9 Å². The Balaban J connectivity index is 1.51. The minimum atomic E-state index is 0.368. The first kappa shape index (κ1) is 16.4. The molecule has 0 radical (unpaired) electrons. The van der Waals surface area contributed by atoms with E-state index < -0.39 is 0 Å². The molecular weight excluding hydrogens is 328 g/mol. The first-order valence-electron chi connectivity index (χ1n) is 8.66. The molecule has 4 nitrogen and oxygen atoms in total. The van der Waals surface area contributed by atoms with E-state index in [2.05, 4.69) is 57.4 Å². The predicted octanol–water partition coefficient (Wildman–Crippen LogP) is 3.66. The van der Waals surface area contributed by atoms with Crippen molar-refractivity contribution >= 4 is 11.3 Å². The Morgan fingerprint density at radius 2 is 2.08 bits per heavy atom. The molecule has 3 heterocycles. The molecule has 0 saturated carbocycles. The van der Waals surface area contributed by atoms with Gasteiger partial charge in [0.2, 0.25) is 0 Å². The predicted molar refractivity (Wildman–Crippen MR) is 103 cm³/mol. The zero-order valence-electron chi connectivity index (χ0n) is 14.4. The molecule has 1 saturated heterocycles. The summed E-state index contributed by atoms with van der Waals surface area (Å²) in [5.74, 6) is 0. The lowest BCUT2D eigenvalue weighted by Crippen LogP contribution is -2.45. The summed E-state index contributed by atoms with van der Waals surface area (Å²) in [5.41, 5.74) is 3.75. The molecule has 0 bridgehead atoms. The summed E-state index contributed by atoms with van der Waals surface area (Å²) in [4.78, 5) is 12.8. The third-order valence-electron chi connectivity index (χ3n) is 4.63. The lowest BCUT2D eigenvalue weighted by Gasteiger charge is -2.35. The van der Waals surface area contributed by atoms with Crippen molar-refractivity contribution in [1.82, 2.24) is 20.2 Å². The maximum atomic E-state index is 4.64. The number of hydrogen-bond donors (Lipinski definition) is 1. The molecule has 1 unspecified atom stereocenters. The van der Waals surface area contributed by atoms with Crippen LogP contribution in [-0.4, -0.2) is 34.5 Å². The van der Waals surface area contributed by atoms with E-state index in [4.69, 9.17) is 0 Å². The number of hydrogen-bond acceptors (Lipinski definition) is 5. The first-order valence-corrected chi connectivity index (χ1v) is 9.48. The zero-order valence-corrected chi connectivity index (χ0v) is 15.2. The Morgan fingerprint density at radius 3 is 2.88 bits per heavy atom. The van der Waals surface area contributed by atoms with E-state index in [-0.39, 0.29) is 0 Å². The van der Waals surface area contributed by atoms with E-state index >= 15 is 0 Å². The van der Waals surface area contributed by atoms with Crippen molar-refractivity contribution in [3.05, 3.63) is 71.0 Å². The molecule has 1 aromatic carbocycles. The van der Waals surface area contributed by atoms with Crippen LogP contribution in [0.5, 0.6) is 0 Å². The zero-order chi connectivity index (χ0) is 17.1. The third-order valence-corrected chi connectivity index (χ3v) is 5.67. The van der Waals surface area contributed by atoms with Crippen LogP contribution < -0.4 is 5.32 Å². The highest BCUT2D eigenvalue weighted by Crippen LogP contribution is 2.29. The Labute approximate surface area is 152 Å². The number of piperazine rings is 1. The second kappa shape index (κ2) is 7.44. The van der Waals surface area contributed by atoms with Crippen LogP contribution in [-0.2, 0) is 6.54 Å². The van der Waals surface area contributed by atoms with Crippen molar-refractivity contribution in [2.24, 2.45) is 0 Å². The van der Waals surface area contributed by atoms with Crippen LogP contribution >= 0.6 is 11.3 Å². The maximum Gasteiger partial charge on any atom is 0.123 e. The molecule has 1 N–H and O–H groups in total. The van der Waals surface area contributed by atoms with Gasteiger partial charge in [-0.15, -0.1) is 11.3 Å². The molecular formula is C20H22N4S. The van der Waals surface area contributed by atoms with Crippen LogP contribution in [0, 0.1) is 6.92 Å². The van der Waals surface area contributed by atoms with E-state index in [9.17, 15) is 0 Å². The van der Waals surface area contributed by atoms with Gasteiger partial charge in [0, 0.05) is 61.3 Å². The van der Waals surface area contributed by atoms with E-state index in [0.29, 0.717) is 6.04 Å². The molecule has 2 aromatic heterocycles. The summed E-state index contributed by atoms with van der Waals surface area (Å²) >= 11 is 1.79. The molecule has 4 rings (SSSR count). The third kappa shape index (κ3) is 3.79. The number of aryl methyl sites for hydroxylation is 1. The number of thiazole rings is 1. The van der Waals surface area contributed by atoms with Crippen molar-refractivity contribution in [2.45, 2.75) is 19.5 Å². The molecule has 25 heavy (non-hydrogen) atoms. The van der Waals surface area contributed by atoms with Crippen molar-refractivity contribution in [3.8, 4) is 10.6 Å². The minimum Gasteiger partial charge on any atom is -0.314 e. The summed E-state index contributed by atoms with van der Waals surface area (Å²) in [5, 5.41) is 4.60. The molecule has 1 aliphatic heterocycles. The van der Waals surface area contributed by atoms with Gasteiger partial charge in [0.25, 0.3) is 0 Å². The van der Waals surface area contributed by atoms with Crippen molar-refractivity contribution in [3.63, 3.8) is 0 Å². The van der Waals surface area contributed by atoms with Crippen LogP contribution in [0.2, 0.25) is 0 Å². The highest BCUT2D eigenvalue weighted by molar-refractivity contribution is 7.15. The summed E-state index contributed by atoms with van der Waals surface area (Å²) in [6, 6.07) is 13.2. The van der Waals surface area contributed by atoms with Gasteiger partial charge in [0.15, 0.2) is 0 Å². The SMILES string of the molecule is Cc1ccc(-c2ncc(CN3CCNCC3c3cccnc3)s2)cc1. The van der Waals surface area contributed by atoms with Gasteiger partial charge < -0.3 is 5.32 Å². The Kier molecular flexibility index (Phi) is 4.88. The number of pyridine rings is 1. The molecule has 0 amide bonds. The van der Waals surface area contributed by atoms with Crippen molar-refractivity contribution in [2.75, 3.05) is 19.6 Å². The lowest BCUT2D eigenvalue weighted by atomic mass is 10.1. The van der Waals surface area contributed by atoms with Crippen LogP contribution in [0.15, 0.2) is 55.0 Å². The molecule has 1 fully saturated rings. The van der Waals surface area contributed by atoms with Crippen LogP contribution in [0.3, 0.4) is 0 Å². The Morgan fingerprint density at radius 1 is 1.20 bits per heavy atom. The molecule has 0 aliphatic carbocycles. The van der Waals surface area contributed by atoms with Gasteiger partial charge in [-0.2, -0.15) is 0 Å². The minimum absolute atomic E-state index is 0.368. The molecule has 5 heteroatoms. The normalized spacial score (nSPS) is 18.4. The second-order valence-electron chi connectivity index (χ2n) is 6.47. The first-order chi connectivity index (χ1) is 12.3. The largest absolute Gasteiger partial charge is 0.314 e. The summed E-state index contributed by atoms with van der Waals surface area (Å²) < 4.78 is 0. The highest BCUT2D eigenvalue weighted by atomic mass is 32.1. The fourth-order valence-corrected chi connectivity index (χ4v) is 4.19. The maximum absolute atomic E-state index is 4.64. The van der Waals surface area contributed by atoms with Crippen LogP contribution in [0.4, 0.5) is 0 Å². The van der Waals surface area contributed by atoms with Crippen LogP contribution in [0.25, 0.3) is 10.6 Å². The van der Waals surface area contributed by atoms with E-state index in [1.54, 1.807) is 11.3 Å². The average molecular weight is 350 g/mol. The van der Waals surface area contributed by atoms with Gasteiger partial charge in [-0.3, -0.25) is 9.88 Å². The smallest absolute Gasteiger partial charge is 0.123 e. The van der Waals surface area contributed by atoms with Gasteiger partial charge in [0.1, 0.15) is 5.01 Å². The number of nitrogens with one attached hydrogen (secondary N) is 1.